The zero-order valence-corrected chi connectivity index (χ0v) is 11.6. The maximum atomic E-state index is 12.0. The number of carbonyl (C=O) groups excluding carboxylic acids is 2. The average molecular weight is 276 g/mol. The Morgan fingerprint density at radius 3 is 2.56 bits per heavy atom. The van der Waals surface area contributed by atoms with E-state index in [1.807, 2.05) is 11.8 Å². The fraction of sp³-hybridized carbons (Fsp3) is 0.833. The highest BCUT2D eigenvalue weighted by Crippen LogP contribution is 2.24. The van der Waals surface area contributed by atoms with E-state index in [1.54, 1.807) is 0 Å². The standard InChI is InChI=1S/C12H21N3O2.ClH/c1-12(4-5-13-9-12)11(17)14-8-10(16)15-6-2-3-7-15;/h13H,2-9H2,1H3,(H,14,17);1H. The lowest BCUT2D eigenvalue weighted by Crippen LogP contribution is -2.45. The topological polar surface area (TPSA) is 61.4 Å². The monoisotopic (exact) mass is 275 g/mol. The Morgan fingerprint density at radius 2 is 2.00 bits per heavy atom. The molecule has 0 bridgehead atoms. The third kappa shape index (κ3) is 3.36. The summed E-state index contributed by atoms with van der Waals surface area (Å²) in [6, 6.07) is 0. The van der Waals surface area contributed by atoms with Gasteiger partial charge in [-0.15, -0.1) is 12.4 Å². The van der Waals surface area contributed by atoms with Crippen LogP contribution in [0.4, 0.5) is 0 Å². The first-order chi connectivity index (χ1) is 8.12. The van der Waals surface area contributed by atoms with Crippen molar-refractivity contribution in [1.82, 2.24) is 15.5 Å². The van der Waals surface area contributed by atoms with E-state index in [0.717, 1.165) is 38.9 Å². The van der Waals surface area contributed by atoms with Gasteiger partial charge in [-0.25, -0.2) is 0 Å². The maximum Gasteiger partial charge on any atom is 0.241 e. The van der Waals surface area contributed by atoms with Crippen LogP contribution >= 0.6 is 12.4 Å². The number of rotatable bonds is 3. The molecule has 1 atom stereocenters. The summed E-state index contributed by atoms with van der Waals surface area (Å²) in [7, 11) is 0. The lowest BCUT2D eigenvalue weighted by atomic mass is 9.89. The molecule has 2 heterocycles. The smallest absolute Gasteiger partial charge is 0.241 e. The number of nitrogens with zero attached hydrogens (tertiary/aromatic N) is 1. The predicted molar refractivity (Wildman–Crippen MR) is 71.7 cm³/mol. The second kappa shape index (κ2) is 6.38. The van der Waals surface area contributed by atoms with Crippen LogP contribution in [0.3, 0.4) is 0 Å². The quantitative estimate of drug-likeness (QED) is 0.771. The maximum absolute atomic E-state index is 12.0. The van der Waals surface area contributed by atoms with Crippen molar-refractivity contribution in [3.63, 3.8) is 0 Å². The molecule has 0 radical (unpaired) electrons. The van der Waals surface area contributed by atoms with Crippen molar-refractivity contribution in [2.75, 3.05) is 32.7 Å². The minimum Gasteiger partial charge on any atom is -0.347 e. The molecule has 1 unspecified atom stereocenters. The molecule has 5 nitrogen and oxygen atoms in total. The van der Waals surface area contributed by atoms with Crippen LogP contribution in [0.5, 0.6) is 0 Å². The third-order valence-corrected chi connectivity index (χ3v) is 3.78. The number of likely N-dealkylation sites (tertiary alicyclic amines) is 1. The van der Waals surface area contributed by atoms with E-state index >= 15 is 0 Å². The molecular weight excluding hydrogens is 254 g/mol. The summed E-state index contributed by atoms with van der Waals surface area (Å²) >= 11 is 0. The highest BCUT2D eigenvalue weighted by atomic mass is 35.5. The molecule has 2 rings (SSSR count). The predicted octanol–water partition coefficient (Wildman–Crippen LogP) is 0.146. The van der Waals surface area contributed by atoms with Gasteiger partial charge >= 0.3 is 0 Å². The van der Waals surface area contributed by atoms with Crippen molar-refractivity contribution in [3.05, 3.63) is 0 Å². The van der Waals surface area contributed by atoms with Gasteiger partial charge in [-0.05, 0) is 32.7 Å². The number of halogens is 1. The zero-order valence-electron chi connectivity index (χ0n) is 10.8. The molecule has 2 aliphatic heterocycles. The normalized spacial score (nSPS) is 26.8. The first-order valence-corrected chi connectivity index (χ1v) is 6.39. The highest BCUT2D eigenvalue weighted by Gasteiger charge is 2.36. The molecule has 2 amide bonds. The molecular formula is C12H22ClN3O2. The molecule has 0 saturated carbocycles. The van der Waals surface area contributed by atoms with Crippen LogP contribution in [0.25, 0.3) is 0 Å². The van der Waals surface area contributed by atoms with Crippen LogP contribution in [0.15, 0.2) is 0 Å². The number of hydrogen-bond acceptors (Lipinski definition) is 3. The van der Waals surface area contributed by atoms with Gasteiger partial charge in [-0.2, -0.15) is 0 Å². The number of hydrogen-bond donors (Lipinski definition) is 2. The molecule has 2 N–H and O–H groups in total. The largest absolute Gasteiger partial charge is 0.347 e. The Bertz CT molecular complexity index is 310. The Morgan fingerprint density at radius 1 is 1.33 bits per heavy atom. The van der Waals surface area contributed by atoms with E-state index in [2.05, 4.69) is 10.6 Å². The van der Waals surface area contributed by atoms with E-state index in [0.29, 0.717) is 6.54 Å². The average Bonchev–Trinajstić information content (AvgIpc) is 2.96. The second-order valence-electron chi connectivity index (χ2n) is 5.26. The van der Waals surface area contributed by atoms with Gasteiger partial charge in [0.05, 0.1) is 12.0 Å². The summed E-state index contributed by atoms with van der Waals surface area (Å²) in [5.41, 5.74) is -0.342. The van der Waals surface area contributed by atoms with E-state index in [1.165, 1.54) is 0 Å². The van der Waals surface area contributed by atoms with E-state index < -0.39 is 0 Å². The summed E-state index contributed by atoms with van der Waals surface area (Å²) < 4.78 is 0. The van der Waals surface area contributed by atoms with Crippen molar-refractivity contribution in [2.24, 2.45) is 5.41 Å². The Hall–Kier alpha value is -0.810. The lowest BCUT2D eigenvalue weighted by Gasteiger charge is -2.22. The molecule has 2 saturated heterocycles. The minimum absolute atomic E-state index is 0. The Labute approximate surface area is 114 Å². The van der Waals surface area contributed by atoms with Crippen LogP contribution in [-0.2, 0) is 9.59 Å². The van der Waals surface area contributed by atoms with Gasteiger partial charge in [-0.3, -0.25) is 9.59 Å². The van der Waals surface area contributed by atoms with Gasteiger partial charge in [0.25, 0.3) is 0 Å². The second-order valence-corrected chi connectivity index (χ2v) is 5.26. The fourth-order valence-corrected chi connectivity index (χ4v) is 2.46. The summed E-state index contributed by atoms with van der Waals surface area (Å²) in [6.45, 7) is 5.36. The Kier molecular flexibility index (Phi) is 5.41. The molecule has 104 valence electrons. The first kappa shape index (κ1) is 15.2. The lowest BCUT2D eigenvalue weighted by molar-refractivity contribution is -0.135. The number of carbonyl (C=O) groups is 2. The van der Waals surface area contributed by atoms with E-state index in [9.17, 15) is 9.59 Å². The van der Waals surface area contributed by atoms with E-state index in [-0.39, 0.29) is 36.2 Å². The van der Waals surface area contributed by atoms with Crippen molar-refractivity contribution >= 4 is 24.2 Å². The van der Waals surface area contributed by atoms with Crippen molar-refractivity contribution < 1.29 is 9.59 Å². The molecule has 0 aromatic carbocycles. The highest BCUT2D eigenvalue weighted by molar-refractivity contribution is 5.88. The van der Waals surface area contributed by atoms with Gasteiger partial charge < -0.3 is 15.5 Å². The van der Waals surface area contributed by atoms with Crippen molar-refractivity contribution in [3.8, 4) is 0 Å². The molecule has 0 spiro atoms. The summed E-state index contributed by atoms with van der Waals surface area (Å²) in [5.74, 6) is 0.0421. The molecule has 2 fully saturated rings. The van der Waals surface area contributed by atoms with Crippen molar-refractivity contribution in [2.45, 2.75) is 26.2 Å². The van der Waals surface area contributed by atoms with Gasteiger partial charge in [0.2, 0.25) is 11.8 Å². The van der Waals surface area contributed by atoms with Gasteiger partial charge in [0, 0.05) is 19.6 Å². The third-order valence-electron chi connectivity index (χ3n) is 3.78. The Balaban J connectivity index is 0.00000162. The summed E-state index contributed by atoms with van der Waals surface area (Å²) in [6.07, 6.45) is 3.01. The first-order valence-electron chi connectivity index (χ1n) is 6.39. The number of nitrogens with one attached hydrogen (secondary N) is 2. The van der Waals surface area contributed by atoms with Gasteiger partial charge in [0.15, 0.2) is 0 Å². The molecule has 0 aliphatic carbocycles. The fourth-order valence-electron chi connectivity index (χ4n) is 2.46. The summed E-state index contributed by atoms with van der Waals surface area (Å²) in [5, 5.41) is 5.95. The van der Waals surface area contributed by atoms with E-state index in [4.69, 9.17) is 0 Å². The van der Waals surface area contributed by atoms with Crippen LogP contribution < -0.4 is 10.6 Å². The number of amides is 2. The molecule has 0 aromatic heterocycles. The van der Waals surface area contributed by atoms with Crippen LogP contribution in [-0.4, -0.2) is 49.4 Å². The van der Waals surface area contributed by atoms with Crippen molar-refractivity contribution in [1.29, 1.82) is 0 Å². The van der Waals surface area contributed by atoms with Crippen LogP contribution in [0.1, 0.15) is 26.2 Å². The SMILES string of the molecule is CC1(C(=O)NCC(=O)N2CCCC2)CCNC1.Cl. The van der Waals surface area contributed by atoms with Crippen LogP contribution in [0, 0.1) is 5.41 Å². The van der Waals surface area contributed by atoms with Crippen LogP contribution in [0.2, 0.25) is 0 Å². The van der Waals surface area contributed by atoms with Gasteiger partial charge in [-0.1, -0.05) is 0 Å². The molecule has 18 heavy (non-hydrogen) atoms. The summed E-state index contributed by atoms with van der Waals surface area (Å²) in [4.78, 5) is 25.6. The molecule has 6 heteroatoms. The molecule has 2 aliphatic rings. The van der Waals surface area contributed by atoms with Gasteiger partial charge in [0.1, 0.15) is 0 Å². The molecule has 0 aromatic rings. The minimum atomic E-state index is -0.342. The zero-order chi connectivity index (χ0) is 12.3.